The van der Waals surface area contributed by atoms with Crippen molar-refractivity contribution in [2.75, 3.05) is 30.5 Å². The third-order valence-corrected chi connectivity index (χ3v) is 4.44. The molecule has 1 aliphatic heterocycles. The maximum absolute atomic E-state index is 12.8. The molecule has 1 saturated heterocycles. The fourth-order valence-corrected chi connectivity index (χ4v) is 3.06. The fourth-order valence-electron chi connectivity index (χ4n) is 3.06. The van der Waals surface area contributed by atoms with E-state index in [1.165, 1.54) is 0 Å². The van der Waals surface area contributed by atoms with Crippen LogP contribution in [0.5, 0.6) is 0 Å². The van der Waals surface area contributed by atoms with Gasteiger partial charge in [0.2, 0.25) is 5.91 Å². The fraction of sp³-hybridized carbons (Fsp3) is 0.300. The molecule has 0 unspecified atom stereocenters. The molecule has 1 atom stereocenters. The molecule has 1 fully saturated rings. The van der Waals surface area contributed by atoms with Crippen LogP contribution >= 0.6 is 0 Å². The van der Waals surface area contributed by atoms with Crippen LogP contribution in [0.2, 0.25) is 0 Å². The Kier molecular flexibility index (Phi) is 5.32. The lowest BCUT2D eigenvalue weighted by atomic mass is 10.1. The lowest BCUT2D eigenvalue weighted by molar-refractivity contribution is -0.117. The molecule has 0 aromatic heterocycles. The molecule has 5 nitrogen and oxygen atoms in total. The number of nitrogens with one attached hydrogen (secondary N) is 1. The number of hydrogen-bond acceptors (Lipinski definition) is 4. The van der Waals surface area contributed by atoms with E-state index in [2.05, 4.69) is 17.5 Å². The molecule has 1 aliphatic rings. The predicted molar refractivity (Wildman–Crippen MR) is 97.6 cm³/mol. The lowest BCUT2D eigenvalue weighted by Crippen LogP contribution is -2.33. The summed E-state index contributed by atoms with van der Waals surface area (Å²) in [6.07, 6.45) is 1.55. The van der Waals surface area contributed by atoms with E-state index in [0.29, 0.717) is 18.7 Å². The average molecular weight is 335 g/mol. The summed E-state index contributed by atoms with van der Waals surface area (Å²) in [7, 11) is 1.69. The van der Waals surface area contributed by atoms with E-state index in [1.54, 1.807) is 24.1 Å². The second kappa shape index (κ2) is 7.82. The van der Waals surface area contributed by atoms with Gasteiger partial charge in [0.1, 0.15) is 6.04 Å². The molecule has 2 aromatic carbocycles. The molecule has 2 aromatic rings. The first-order valence-electron chi connectivity index (χ1n) is 8.38. The normalized spacial score (nSPS) is 16.7. The number of ether oxygens (including phenoxy) is 1. The standard InChI is InChI=1S/C20H21N3O2/c1-25-13-11-16-4-2-3-5-18(16)22-19-10-12-23(20(19)24)17-8-6-15(14-21)7-9-17/h2-9,19,22H,10-13H2,1H3/t19-/m0/s1. The van der Waals surface area contributed by atoms with Crippen molar-refractivity contribution in [1.29, 1.82) is 5.26 Å². The topological polar surface area (TPSA) is 65.4 Å². The third-order valence-electron chi connectivity index (χ3n) is 4.44. The first kappa shape index (κ1) is 17.0. The van der Waals surface area contributed by atoms with Crippen molar-refractivity contribution in [2.45, 2.75) is 18.9 Å². The first-order valence-corrected chi connectivity index (χ1v) is 8.38. The smallest absolute Gasteiger partial charge is 0.249 e. The predicted octanol–water partition coefficient (Wildman–Crippen LogP) is 2.96. The number of nitriles is 1. The minimum absolute atomic E-state index is 0.0613. The summed E-state index contributed by atoms with van der Waals surface area (Å²) in [6.45, 7) is 1.32. The van der Waals surface area contributed by atoms with E-state index in [-0.39, 0.29) is 11.9 Å². The average Bonchev–Trinajstić information content (AvgIpc) is 3.01. The van der Waals surface area contributed by atoms with Crippen molar-refractivity contribution >= 4 is 17.3 Å². The van der Waals surface area contributed by atoms with Gasteiger partial charge in [-0.05, 0) is 48.7 Å². The van der Waals surface area contributed by atoms with Crippen molar-refractivity contribution in [1.82, 2.24) is 0 Å². The highest BCUT2D eigenvalue weighted by molar-refractivity contribution is 6.01. The van der Waals surface area contributed by atoms with Crippen molar-refractivity contribution < 1.29 is 9.53 Å². The highest BCUT2D eigenvalue weighted by atomic mass is 16.5. The monoisotopic (exact) mass is 335 g/mol. The molecule has 1 amide bonds. The number of rotatable bonds is 6. The van der Waals surface area contributed by atoms with Gasteiger partial charge in [0, 0.05) is 25.0 Å². The number of carbonyl (C=O) groups excluding carboxylic acids is 1. The van der Waals surface area contributed by atoms with E-state index in [0.717, 1.165) is 29.8 Å². The highest BCUT2D eigenvalue weighted by Crippen LogP contribution is 2.25. The van der Waals surface area contributed by atoms with E-state index in [9.17, 15) is 4.79 Å². The molecule has 5 heteroatoms. The molecule has 128 valence electrons. The summed E-state index contributed by atoms with van der Waals surface area (Å²) in [5, 5.41) is 12.3. The second-order valence-corrected chi connectivity index (χ2v) is 6.03. The third kappa shape index (κ3) is 3.81. The molecule has 1 heterocycles. The Balaban J connectivity index is 1.71. The Labute approximate surface area is 147 Å². The summed E-state index contributed by atoms with van der Waals surface area (Å²) in [5.41, 5.74) is 3.56. The summed E-state index contributed by atoms with van der Waals surface area (Å²) < 4.78 is 5.16. The van der Waals surface area contributed by atoms with Gasteiger partial charge in [-0.25, -0.2) is 0 Å². The van der Waals surface area contributed by atoms with Gasteiger partial charge in [-0.3, -0.25) is 4.79 Å². The zero-order chi connectivity index (χ0) is 17.6. The molecule has 1 N–H and O–H groups in total. The number of para-hydroxylation sites is 1. The van der Waals surface area contributed by atoms with E-state index < -0.39 is 0 Å². The molecular weight excluding hydrogens is 314 g/mol. The number of carbonyl (C=O) groups is 1. The van der Waals surface area contributed by atoms with Crippen LogP contribution in [0, 0.1) is 11.3 Å². The molecule has 0 radical (unpaired) electrons. The maximum Gasteiger partial charge on any atom is 0.249 e. The second-order valence-electron chi connectivity index (χ2n) is 6.03. The molecular formula is C20H21N3O2. The van der Waals surface area contributed by atoms with Crippen molar-refractivity contribution in [3.05, 3.63) is 59.7 Å². The van der Waals surface area contributed by atoms with Gasteiger partial charge in [-0.15, -0.1) is 0 Å². The van der Waals surface area contributed by atoms with Crippen LogP contribution in [0.1, 0.15) is 17.5 Å². The summed E-state index contributed by atoms with van der Waals surface area (Å²) in [5.74, 6) is 0.0613. The van der Waals surface area contributed by atoms with Crippen LogP contribution in [0.4, 0.5) is 11.4 Å². The van der Waals surface area contributed by atoms with Crippen LogP contribution in [-0.2, 0) is 16.0 Å². The van der Waals surface area contributed by atoms with Crippen LogP contribution in [0.3, 0.4) is 0 Å². The molecule has 3 rings (SSSR count). The number of amides is 1. The van der Waals surface area contributed by atoms with Gasteiger partial charge in [0.05, 0.1) is 18.2 Å². The van der Waals surface area contributed by atoms with Crippen LogP contribution in [0.15, 0.2) is 48.5 Å². The Morgan fingerprint density at radius 1 is 1.24 bits per heavy atom. The van der Waals surface area contributed by atoms with Gasteiger partial charge < -0.3 is 15.0 Å². The summed E-state index contributed by atoms with van der Waals surface area (Å²) in [6, 6.07) is 17.0. The minimum Gasteiger partial charge on any atom is -0.384 e. The SMILES string of the molecule is COCCc1ccccc1N[C@H]1CCN(c2ccc(C#N)cc2)C1=O. The van der Waals surface area contributed by atoms with E-state index >= 15 is 0 Å². The minimum atomic E-state index is -0.237. The largest absolute Gasteiger partial charge is 0.384 e. The zero-order valence-corrected chi connectivity index (χ0v) is 14.2. The number of methoxy groups -OCH3 is 1. The van der Waals surface area contributed by atoms with E-state index in [4.69, 9.17) is 10.00 Å². The van der Waals surface area contributed by atoms with Gasteiger partial charge in [0.15, 0.2) is 0 Å². The molecule has 0 aliphatic carbocycles. The van der Waals surface area contributed by atoms with Crippen LogP contribution in [0.25, 0.3) is 0 Å². The van der Waals surface area contributed by atoms with Crippen LogP contribution < -0.4 is 10.2 Å². The zero-order valence-electron chi connectivity index (χ0n) is 14.2. The maximum atomic E-state index is 12.8. The molecule has 0 bridgehead atoms. The Hall–Kier alpha value is -2.84. The number of anilines is 2. The summed E-state index contributed by atoms with van der Waals surface area (Å²) >= 11 is 0. The number of nitrogens with zero attached hydrogens (tertiary/aromatic N) is 2. The van der Waals surface area contributed by atoms with Gasteiger partial charge in [-0.2, -0.15) is 5.26 Å². The lowest BCUT2D eigenvalue weighted by Gasteiger charge is -2.19. The Morgan fingerprint density at radius 3 is 2.72 bits per heavy atom. The number of hydrogen-bond donors (Lipinski definition) is 1. The molecule has 0 spiro atoms. The van der Waals surface area contributed by atoms with E-state index in [1.807, 2.05) is 30.3 Å². The van der Waals surface area contributed by atoms with Gasteiger partial charge in [0.25, 0.3) is 0 Å². The van der Waals surface area contributed by atoms with Crippen molar-refractivity contribution in [3.8, 4) is 6.07 Å². The van der Waals surface area contributed by atoms with Gasteiger partial charge in [-0.1, -0.05) is 18.2 Å². The highest BCUT2D eigenvalue weighted by Gasteiger charge is 2.32. The molecule has 25 heavy (non-hydrogen) atoms. The van der Waals surface area contributed by atoms with Crippen molar-refractivity contribution in [2.24, 2.45) is 0 Å². The van der Waals surface area contributed by atoms with Gasteiger partial charge >= 0.3 is 0 Å². The van der Waals surface area contributed by atoms with Crippen molar-refractivity contribution in [3.63, 3.8) is 0 Å². The Morgan fingerprint density at radius 2 is 2.00 bits per heavy atom. The summed E-state index contributed by atoms with van der Waals surface area (Å²) in [4.78, 5) is 14.5. The molecule has 0 saturated carbocycles. The van der Waals surface area contributed by atoms with Crippen LogP contribution in [-0.4, -0.2) is 32.2 Å². The Bertz CT molecular complexity index is 780. The quantitative estimate of drug-likeness (QED) is 0.881. The first-order chi connectivity index (χ1) is 12.2. The number of benzene rings is 2.